The number of amides is 2. The predicted molar refractivity (Wildman–Crippen MR) is 171 cm³/mol. The van der Waals surface area contributed by atoms with Crippen molar-refractivity contribution in [3.63, 3.8) is 0 Å². The summed E-state index contributed by atoms with van der Waals surface area (Å²) in [5.41, 5.74) is 2.20. The Hall–Kier alpha value is -4.50. The lowest BCUT2D eigenvalue weighted by Crippen LogP contribution is -2.56. The summed E-state index contributed by atoms with van der Waals surface area (Å²) < 4.78 is 42.7. The lowest BCUT2D eigenvalue weighted by molar-refractivity contribution is -0.140. The minimum Gasteiger partial charge on any atom is -0.350 e. The van der Waals surface area contributed by atoms with Crippen molar-refractivity contribution in [2.45, 2.75) is 57.1 Å². The van der Waals surface area contributed by atoms with Gasteiger partial charge in [-0.05, 0) is 75.2 Å². The zero-order chi connectivity index (χ0) is 31.9. The summed E-state index contributed by atoms with van der Waals surface area (Å²) in [4.78, 5) is 29.7. The van der Waals surface area contributed by atoms with Gasteiger partial charge in [0.1, 0.15) is 18.4 Å². The molecule has 4 aromatic carbocycles. The SMILES string of the molecule is Cc1ccc(CN(C(=O)CN(c2ccc(F)cc2)S(=O)(=O)c2ccccc2)[C@H](Cc2ccccc2)C(=O)NC(C)(C)C)cc1. The van der Waals surface area contributed by atoms with Crippen molar-refractivity contribution in [2.24, 2.45) is 0 Å². The van der Waals surface area contributed by atoms with Crippen LogP contribution in [0, 0.1) is 12.7 Å². The molecule has 7 nitrogen and oxygen atoms in total. The largest absolute Gasteiger partial charge is 0.350 e. The number of carbonyl (C=O) groups is 2. The van der Waals surface area contributed by atoms with E-state index in [9.17, 15) is 22.4 Å². The smallest absolute Gasteiger partial charge is 0.264 e. The number of carbonyl (C=O) groups excluding carboxylic acids is 2. The van der Waals surface area contributed by atoms with Gasteiger partial charge in [0.2, 0.25) is 11.8 Å². The summed E-state index contributed by atoms with van der Waals surface area (Å²) in [6.45, 7) is 6.99. The van der Waals surface area contributed by atoms with Crippen LogP contribution in [0.15, 0.2) is 114 Å². The predicted octanol–water partition coefficient (Wildman–Crippen LogP) is 5.88. The number of benzene rings is 4. The second-order valence-corrected chi connectivity index (χ2v) is 13.6. The molecular formula is C35H38FN3O4S. The number of aryl methyl sites for hydroxylation is 1. The van der Waals surface area contributed by atoms with Crippen LogP contribution in [0.3, 0.4) is 0 Å². The fourth-order valence-corrected chi connectivity index (χ4v) is 6.19. The van der Waals surface area contributed by atoms with Crippen molar-refractivity contribution in [1.29, 1.82) is 0 Å². The van der Waals surface area contributed by atoms with E-state index in [2.05, 4.69) is 5.32 Å². The fraction of sp³-hybridized carbons (Fsp3) is 0.257. The number of anilines is 1. The van der Waals surface area contributed by atoms with Gasteiger partial charge in [-0.15, -0.1) is 0 Å². The molecule has 9 heteroatoms. The van der Waals surface area contributed by atoms with E-state index in [1.165, 1.54) is 29.2 Å². The first kappa shape index (κ1) is 32.4. The molecule has 0 saturated carbocycles. The van der Waals surface area contributed by atoms with Gasteiger partial charge in [0, 0.05) is 18.5 Å². The van der Waals surface area contributed by atoms with Crippen molar-refractivity contribution >= 4 is 27.5 Å². The Labute approximate surface area is 259 Å². The van der Waals surface area contributed by atoms with Crippen LogP contribution in [0.4, 0.5) is 10.1 Å². The van der Waals surface area contributed by atoms with Gasteiger partial charge in [-0.2, -0.15) is 0 Å². The van der Waals surface area contributed by atoms with Crippen LogP contribution < -0.4 is 9.62 Å². The first-order chi connectivity index (χ1) is 20.8. The maximum atomic E-state index is 14.4. The van der Waals surface area contributed by atoms with Crippen LogP contribution >= 0.6 is 0 Å². The zero-order valence-corrected chi connectivity index (χ0v) is 26.2. The normalized spacial score (nSPS) is 12.3. The van der Waals surface area contributed by atoms with E-state index < -0.39 is 39.9 Å². The first-order valence-corrected chi connectivity index (χ1v) is 15.8. The van der Waals surface area contributed by atoms with E-state index in [0.717, 1.165) is 33.1 Å². The Morgan fingerprint density at radius 2 is 1.36 bits per heavy atom. The average molecular weight is 616 g/mol. The quantitative estimate of drug-likeness (QED) is 0.228. The molecule has 0 unspecified atom stereocenters. The van der Waals surface area contributed by atoms with Crippen LogP contribution in [0.1, 0.15) is 37.5 Å². The molecule has 1 atom stereocenters. The van der Waals surface area contributed by atoms with Crippen molar-refractivity contribution in [2.75, 3.05) is 10.8 Å². The molecule has 44 heavy (non-hydrogen) atoms. The summed E-state index contributed by atoms with van der Waals surface area (Å²) in [5, 5.41) is 3.01. The second-order valence-electron chi connectivity index (χ2n) is 11.8. The maximum Gasteiger partial charge on any atom is 0.264 e. The van der Waals surface area contributed by atoms with Crippen LogP contribution in [0.5, 0.6) is 0 Å². The van der Waals surface area contributed by atoms with E-state index >= 15 is 0 Å². The molecule has 0 bridgehead atoms. The Balaban J connectivity index is 1.80. The molecule has 0 aliphatic heterocycles. The van der Waals surface area contributed by atoms with Crippen LogP contribution in [-0.2, 0) is 32.6 Å². The van der Waals surface area contributed by atoms with E-state index in [-0.39, 0.29) is 29.5 Å². The molecule has 0 saturated heterocycles. The standard InChI is InChI=1S/C35H38FN3O4S/c1-26-15-17-28(18-16-26)24-38(32(34(41)37-35(2,3)4)23-27-11-7-5-8-12-27)33(40)25-39(30-21-19-29(36)20-22-30)44(42,43)31-13-9-6-10-14-31/h5-22,32H,23-25H2,1-4H3,(H,37,41)/t32-/m1/s1. The highest BCUT2D eigenvalue weighted by Gasteiger charge is 2.35. The van der Waals surface area contributed by atoms with Crippen molar-refractivity contribution in [3.8, 4) is 0 Å². The van der Waals surface area contributed by atoms with Gasteiger partial charge in [0.25, 0.3) is 10.0 Å². The molecule has 2 amide bonds. The van der Waals surface area contributed by atoms with Gasteiger partial charge >= 0.3 is 0 Å². The van der Waals surface area contributed by atoms with Crippen LogP contribution in [0.2, 0.25) is 0 Å². The molecule has 1 N–H and O–H groups in total. The van der Waals surface area contributed by atoms with Gasteiger partial charge < -0.3 is 10.2 Å². The molecule has 0 fully saturated rings. The van der Waals surface area contributed by atoms with E-state index in [4.69, 9.17) is 0 Å². The summed E-state index contributed by atoms with van der Waals surface area (Å²) >= 11 is 0. The van der Waals surface area contributed by atoms with Crippen molar-refractivity contribution in [3.05, 3.63) is 132 Å². The molecular weight excluding hydrogens is 577 g/mol. The van der Waals surface area contributed by atoms with Gasteiger partial charge in [-0.25, -0.2) is 12.8 Å². The molecule has 0 aromatic heterocycles. The number of halogens is 1. The number of hydrogen-bond donors (Lipinski definition) is 1. The summed E-state index contributed by atoms with van der Waals surface area (Å²) in [7, 11) is -4.24. The van der Waals surface area contributed by atoms with E-state index in [0.29, 0.717) is 0 Å². The van der Waals surface area contributed by atoms with E-state index in [1.54, 1.807) is 18.2 Å². The van der Waals surface area contributed by atoms with Gasteiger partial charge in [0.15, 0.2) is 0 Å². The zero-order valence-electron chi connectivity index (χ0n) is 25.4. The summed E-state index contributed by atoms with van der Waals surface area (Å²) in [6.07, 6.45) is 0.211. The highest BCUT2D eigenvalue weighted by molar-refractivity contribution is 7.92. The minimum absolute atomic E-state index is 0.0199. The molecule has 0 spiro atoms. The monoisotopic (exact) mass is 615 g/mol. The summed E-state index contributed by atoms with van der Waals surface area (Å²) in [6, 6.07) is 28.7. The maximum absolute atomic E-state index is 14.4. The average Bonchev–Trinajstić information content (AvgIpc) is 2.99. The van der Waals surface area contributed by atoms with Crippen LogP contribution in [-0.4, -0.2) is 43.3 Å². The van der Waals surface area contributed by atoms with Crippen molar-refractivity contribution < 1.29 is 22.4 Å². The molecule has 230 valence electrons. The fourth-order valence-electron chi connectivity index (χ4n) is 4.75. The highest BCUT2D eigenvalue weighted by Crippen LogP contribution is 2.25. The number of rotatable bonds is 11. The molecule has 0 heterocycles. The van der Waals surface area contributed by atoms with Gasteiger partial charge in [0.05, 0.1) is 10.6 Å². The molecule has 4 rings (SSSR count). The third-order valence-electron chi connectivity index (χ3n) is 6.97. The second kappa shape index (κ2) is 13.9. The molecule has 4 aromatic rings. The molecule has 0 aliphatic carbocycles. The third kappa shape index (κ3) is 8.54. The number of nitrogens with one attached hydrogen (secondary N) is 1. The Kier molecular flexibility index (Phi) is 10.2. The Morgan fingerprint density at radius 3 is 1.93 bits per heavy atom. The molecule has 0 aliphatic rings. The number of nitrogens with zero attached hydrogens (tertiary/aromatic N) is 2. The Bertz CT molecular complexity index is 1660. The third-order valence-corrected chi connectivity index (χ3v) is 8.76. The summed E-state index contributed by atoms with van der Waals surface area (Å²) in [5.74, 6) is -1.49. The number of sulfonamides is 1. The minimum atomic E-state index is -4.24. The van der Waals surface area contributed by atoms with E-state index in [1.807, 2.05) is 82.3 Å². The topological polar surface area (TPSA) is 86.8 Å². The highest BCUT2D eigenvalue weighted by atomic mass is 32.2. The number of hydrogen-bond acceptors (Lipinski definition) is 4. The Morgan fingerprint density at radius 1 is 0.795 bits per heavy atom. The van der Waals surface area contributed by atoms with Gasteiger partial charge in [-0.1, -0.05) is 78.4 Å². The lowest BCUT2D eigenvalue weighted by Gasteiger charge is -2.35. The van der Waals surface area contributed by atoms with Gasteiger partial charge in [-0.3, -0.25) is 13.9 Å². The lowest BCUT2D eigenvalue weighted by atomic mass is 10.0. The molecule has 0 radical (unpaired) electrons. The van der Waals surface area contributed by atoms with Crippen LogP contribution in [0.25, 0.3) is 0 Å². The first-order valence-electron chi connectivity index (χ1n) is 14.4. The van der Waals surface area contributed by atoms with Crippen molar-refractivity contribution in [1.82, 2.24) is 10.2 Å².